The third kappa shape index (κ3) is 1.32. The second kappa shape index (κ2) is 3.86. The number of aliphatic hydroxyl groups is 2. The molecule has 3 rings (SSSR count). The van der Waals surface area contributed by atoms with Crippen LogP contribution >= 0.6 is 0 Å². The quantitative estimate of drug-likeness (QED) is 0.717. The molecule has 2 fully saturated rings. The number of rotatable bonds is 1. The first-order chi connectivity index (χ1) is 9.20. The van der Waals surface area contributed by atoms with Crippen LogP contribution in [0, 0.1) is 22.7 Å². The van der Waals surface area contributed by atoms with Crippen molar-refractivity contribution in [1.82, 2.24) is 0 Å². The van der Waals surface area contributed by atoms with Crippen molar-refractivity contribution in [2.75, 3.05) is 7.11 Å². The van der Waals surface area contributed by atoms with E-state index in [-0.39, 0.29) is 23.2 Å². The van der Waals surface area contributed by atoms with E-state index >= 15 is 0 Å². The molecule has 20 heavy (non-hydrogen) atoms. The molecular weight excluding hydrogens is 256 g/mol. The maximum absolute atomic E-state index is 12.0. The minimum absolute atomic E-state index is 0.00590. The summed E-state index contributed by atoms with van der Waals surface area (Å²) in [7, 11) is 1.37. The van der Waals surface area contributed by atoms with E-state index in [0.29, 0.717) is 5.57 Å². The monoisotopic (exact) mass is 280 g/mol. The summed E-state index contributed by atoms with van der Waals surface area (Å²) in [5, 5.41) is 21.9. The maximum Gasteiger partial charge on any atom is 0.333 e. The van der Waals surface area contributed by atoms with Gasteiger partial charge in [0, 0.05) is 11.0 Å². The molecule has 0 aromatic carbocycles. The summed E-state index contributed by atoms with van der Waals surface area (Å²) < 4.78 is 4.87. The average molecular weight is 280 g/mol. The number of hydrogen-bond acceptors (Lipinski definition) is 4. The van der Waals surface area contributed by atoms with Crippen molar-refractivity contribution in [3.63, 3.8) is 0 Å². The van der Waals surface area contributed by atoms with Crippen molar-refractivity contribution < 1.29 is 19.7 Å². The van der Waals surface area contributed by atoms with Gasteiger partial charge >= 0.3 is 5.97 Å². The summed E-state index contributed by atoms with van der Waals surface area (Å²) in [6.07, 6.45) is 3.36. The lowest BCUT2D eigenvalue weighted by atomic mass is 9.65. The second-order valence-electron chi connectivity index (χ2n) is 7.56. The van der Waals surface area contributed by atoms with Crippen molar-refractivity contribution in [3.05, 3.63) is 11.6 Å². The highest BCUT2D eigenvalue weighted by Gasteiger charge is 2.74. The first-order valence-corrected chi connectivity index (χ1v) is 7.42. The summed E-state index contributed by atoms with van der Waals surface area (Å²) in [5.74, 6) is -0.0741. The van der Waals surface area contributed by atoms with Crippen LogP contribution in [0.5, 0.6) is 0 Å². The number of methoxy groups -OCH3 is 1. The lowest BCUT2D eigenvalue weighted by Gasteiger charge is -2.41. The zero-order valence-electron chi connectivity index (χ0n) is 12.6. The van der Waals surface area contributed by atoms with Gasteiger partial charge in [-0.2, -0.15) is 0 Å². The summed E-state index contributed by atoms with van der Waals surface area (Å²) in [6, 6.07) is 0. The Morgan fingerprint density at radius 3 is 2.65 bits per heavy atom. The summed E-state index contributed by atoms with van der Waals surface area (Å²) in [4.78, 5) is 12.0. The molecule has 5 atom stereocenters. The number of hydrogen-bond donors (Lipinski definition) is 2. The van der Waals surface area contributed by atoms with Crippen molar-refractivity contribution in [2.45, 2.75) is 51.7 Å². The third-order valence-electron chi connectivity index (χ3n) is 6.21. The van der Waals surface area contributed by atoms with E-state index in [1.165, 1.54) is 7.11 Å². The second-order valence-corrected chi connectivity index (χ2v) is 7.56. The Kier molecular flexibility index (Phi) is 2.72. The van der Waals surface area contributed by atoms with Crippen LogP contribution in [0.2, 0.25) is 0 Å². The fourth-order valence-corrected chi connectivity index (χ4v) is 5.39. The molecule has 0 aromatic heterocycles. The van der Waals surface area contributed by atoms with Crippen LogP contribution in [-0.4, -0.2) is 35.0 Å². The van der Waals surface area contributed by atoms with E-state index in [2.05, 4.69) is 6.92 Å². The van der Waals surface area contributed by atoms with Gasteiger partial charge in [-0.05, 0) is 42.6 Å². The van der Waals surface area contributed by atoms with Gasteiger partial charge in [0.1, 0.15) is 5.60 Å². The van der Waals surface area contributed by atoms with Gasteiger partial charge in [-0.15, -0.1) is 0 Å². The van der Waals surface area contributed by atoms with Crippen LogP contribution in [0.4, 0.5) is 0 Å². The van der Waals surface area contributed by atoms with Crippen molar-refractivity contribution in [1.29, 1.82) is 0 Å². The van der Waals surface area contributed by atoms with Crippen molar-refractivity contribution >= 4 is 5.97 Å². The molecule has 0 bridgehead atoms. The molecule has 2 N–H and O–H groups in total. The molecular formula is C16H24O4. The molecule has 2 saturated carbocycles. The van der Waals surface area contributed by atoms with Crippen LogP contribution in [0.3, 0.4) is 0 Å². The molecule has 0 saturated heterocycles. The largest absolute Gasteiger partial charge is 0.466 e. The summed E-state index contributed by atoms with van der Waals surface area (Å²) in [5.41, 5.74) is -1.50. The van der Waals surface area contributed by atoms with Crippen molar-refractivity contribution in [3.8, 4) is 0 Å². The van der Waals surface area contributed by atoms with E-state index in [9.17, 15) is 15.0 Å². The van der Waals surface area contributed by atoms with Gasteiger partial charge in [-0.1, -0.05) is 20.8 Å². The normalized spacial score (nSPS) is 48.7. The standard InChI is InChI=1S/C16H24O4/c1-9-5-6-11-10(12(17)20-4)7-16(19)13(18)14(2,3)8-15(9,11)16/h7,9,11,13,18-19H,5-6,8H2,1-4H3. The molecule has 4 nitrogen and oxygen atoms in total. The van der Waals surface area contributed by atoms with Gasteiger partial charge in [0.05, 0.1) is 13.2 Å². The fraction of sp³-hybridized carbons (Fsp3) is 0.812. The Bertz CT molecular complexity index is 495. The maximum atomic E-state index is 12.0. The number of aliphatic hydroxyl groups excluding tert-OH is 1. The SMILES string of the molecule is COC(=O)C1=CC2(O)C(O)C(C)(C)CC23C(C)CCC13. The molecule has 0 aliphatic heterocycles. The van der Waals surface area contributed by atoms with Crippen LogP contribution in [0.25, 0.3) is 0 Å². The first kappa shape index (κ1) is 14.1. The third-order valence-corrected chi connectivity index (χ3v) is 6.21. The molecule has 4 heteroatoms. The molecule has 1 spiro atoms. The minimum Gasteiger partial charge on any atom is -0.466 e. The Morgan fingerprint density at radius 1 is 1.40 bits per heavy atom. The Hall–Kier alpha value is -0.870. The molecule has 3 aliphatic rings. The van der Waals surface area contributed by atoms with Gasteiger partial charge in [0.25, 0.3) is 0 Å². The van der Waals surface area contributed by atoms with Crippen LogP contribution in [0.1, 0.15) is 40.0 Å². The highest BCUT2D eigenvalue weighted by molar-refractivity contribution is 5.90. The minimum atomic E-state index is -1.30. The first-order valence-electron chi connectivity index (χ1n) is 7.42. The average Bonchev–Trinajstić information content (AvgIpc) is 2.88. The molecule has 0 aromatic rings. The number of carbonyl (C=O) groups excluding carboxylic acids is 1. The molecule has 112 valence electrons. The Labute approximate surface area is 119 Å². The van der Waals surface area contributed by atoms with Crippen LogP contribution in [0.15, 0.2) is 11.6 Å². The fourth-order valence-electron chi connectivity index (χ4n) is 5.39. The molecule has 3 aliphatic carbocycles. The van der Waals surface area contributed by atoms with Crippen molar-refractivity contribution in [2.24, 2.45) is 22.7 Å². The predicted molar refractivity (Wildman–Crippen MR) is 73.8 cm³/mol. The van der Waals surface area contributed by atoms with E-state index in [1.54, 1.807) is 6.08 Å². The number of carbonyl (C=O) groups is 1. The molecule has 0 amide bonds. The summed E-state index contributed by atoms with van der Waals surface area (Å²) >= 11 is 0. The number of esters is 1. The molecule has 0 heterocycles. The molecule has 0 radical (unpaired) electrons. The predicted octanol–water partition coefficient (Wildman–Crippen LogP) is 1.65. The number of ether oxygens (including phenoxy) is 1. The molecule has 5 unspecified atom stereocenters. The summed E-state index contributed by atoms with van der Waals surface area (Å²) in [6.45, 7) is 6.13. The van der Waals surface area contributed by atoms with Gasteiger partial charge in [0.2, 0.25) is 0 Å². The zero-order valence-corrected chi connectivity index (χ0v) is 12.6. The van der Waals surface area contributed by atoms with Crippen LogP contribution < -0.4 is 0 Å². The van der Waals surface area contributed by atoms with Gasteiger partial charge in [0.15, 0.2) is 0 Å². The Balaban J connectivity index is 2.17. The Morgan fingerprint density at radius 2 is 2.05 bits per heavy atom. The van der Waals surface area contributed by atoms with E-state index in [1.807, 2.05) is 13.8 Å². The smallest absolute Gasteiger partial charge is 0.333 e. The highest BCUT2D eigenvalue weighted by Crippen LogP contribution is 2.71. The lowest BCUT2D eigenvalue weighted by molar-refractivity contribution is -0.137. The van der Waals surface area contributed by atoms with Gasteiger partial charge < -0.3 is 14.9 Å². The highest BCUT2D eigenvalue weighted by atomic mass is 16.5. The van der Waals surface area contributed by atoms with Crippen LogP contribution in [-0.2, 0) is 9.53 Å². The van der Waals surface area contributed by atoms with E-state index in [0.717, 1.165) is 19.3 Å². The zero-order chi connectivity index (χ0) is 14.9. The topological polar surface area (TPSA) is 66.8 Å². The van der Waals surface area contributed by atoms with Gasteiger partial charge in [-0.3, -0.25) is 0 Å². The van der Waals surface area contributed by atoms with E-state index < -0.39 is 17.1 Å². The van der Waals surface area contributed by atoms with E-state index in [4.69, 9.17) is 4.74 Å². The van der Waals surface area contributed by atoms with Gasteiger partial charge in [-0.25, -0.2) is 4.79 Å². The lowest BCUT2D eigenvalue weighted by Crippen LogP contribution is -2.51.